The Labute approximate surface area is 216 Å². The number of hydrogen-bond acceptors (Lipinski definition) is 4. The van der Waals surface area contributed by atoms with Crippen LogP contribution in [0.1, 0.15) is 69.5 Å². The quantitative estimate of drug-likeness (QED) is 0.326. The average molecular weight is 563 g/mol. The first-order chi connectivity index (χ1) is 16.8. The zero-order valence-electron chi connectivity index (χ0n) is 22.3. The Hall–Kier alpha value is -2.32. The first-order valence-corrected chi connectivity index (χ1v) is 16.5. The normalized spacial score (nSPS) is 17.9. The average Bonchev–Trinajstić information content (AvgIpc) is 3.30. The number of hydrogen-bond donors (Lipinski definition) is 2. The number of aryl methyl sites for hydroxylation is 2. The van der Waals surface area contributed by atoms with Crippen molar-refractivity contribution in [3.63, 3.8) is 0 Å². The zero-order chi connectivity index (χ0) is 28.1. The Morgan fingerprint density at radius 3 is 2.43 bits per heavy atom. The highest BCUT2D eigenvalue weighted by Gasteiger charge is 2.41. The predicted molar refractivity (Wildman–Crippen MR) is 137 cm³/mol. The Morgan fingerprint density at radius 2 is 1.92 bits per heavy atom. The molecule has 3 rings (SSSR count). The number of fused-ring (bicyclic) bond motifs is 1. The predicted octanol–water partition coefficient (Wildman–Crippen LogP) is 6.38. The van der Waals surface area contributed by atoms with Crippen molar-refractivity contribution in [2.24, 2.45) is 4.36 Å². The summed E-state index contributed by atoms with van der Waals surface area (Å²) in [6.07, 6.45) is -2.75. The van der Waals surface area contributed by atoms with Crippen LogP contribution in [0, 0.1) is 12.7 Å². The second kappa shape index (κ2) is 9.77. The number of aromatic nitrogens is 3. The molecule has 1 aliphatic rings. The Morgan fingerprint density at radius 1 is 1.30 bits per heavy atom. The molecule has 2 heterocycles. The molecule has 2 atom stereocenters. The van der Waals surface area contributed by atoms with E-state index in [-0.39, 0.29) is 27.9 Å². The molecule has 0 radical (unpaired) electrons. The largest absolute Gasteiger partial charge is 0.433 e. The monoisotopic (exact) mass is 562 g/mol. The third-order valence-electron chi connectivity index (χ3n) is 7.12. The number of amides is 2. The number of urea groups is 1. The fourth-order valence-corrected chi connectivity index (χ4v) is 9.45. The number of nitrogens with one attached hydrogen (secondary N) is 2. The lowest BCUT2D eigenvalue weighted by molar-refractivity contribution is -0.141. The van der Waals surface area contributed by atoms with Crippen LogP contribution in [0.15, 0.2) is 15.6 Å². The summed E-state index contributed by atoms with van der Waals surface area (Å²) in [5.74, 6) is -1.05. The third-order valence-corrected chi connectivity index (χ3v) is 15.2. The van der Waals surface area contributed by atoms with Gasteiger partial charge in [0.1, 0.15) is 13.9 Å². The van der Waals surface area contributed by atoms with Crippen LogP contribution in [0.3, 0.4) is 0 Å². The minimum atomic E-state index is -4.73. The smallest absolute Gasteiger partial charge is 0.305 e. The van der Waals surface area contributed by atoms with E-state index in [4.69, 9.17) is 0 Å². The lowest BCUT2D eigenvalue weighted by atomic mass is 9.99. The van der Waals surface area contributed by atoms with Crippen molar-refractivity contribution in [3.8, 4) is 0 Å². The molecule has 0 aromatic carbocycles. The molecule has 0 bridgehead atoms. The Balaban J connectivity index is 2.17. The van der Waals surface area contributed by atoms with E-state index in [1.165, 1.54) is 11.6 Å². The topological polar surface area (TPSA) is 101 Å². The maximum absolute atomic E-state index is 14.9. The molecule has 2 aromatic rings. The van der Waals surface area contributed by atoms with Crippen LogP contribution in [0.4, 0.5) is 28.0 Å². The Bertz CT molecular complexity index is 1340. The van der Waals surface area contributed by atoms with Gasteiger partial charge in [-0.2, -0.15) is 18.3 Å². The lowest BCUT2D eigenvalue weighted by Gasteiger charge is -2.37. The second-order valence-corrected chi connectivity index (χ2v) is 18.1. The SMILES string of the molecule is CCn1cc(F)c(S(=O)(=NC(=O)Nc2c(C)c(C(F)(F)F)nc3c2C(C)CC3)N[Si](C)(C)C(C)(C)C)n1. The molecular formula is C23H34F4N6O2SSi. The molecule has 2 aromatic heterocycles. The summed E-state index contributed by atoms with van der Waals surface area (Å²) < 4.78 is 78.3. The zero-order valence-corrected chi connectivity index (χ0v) is 24.1. The van der Waals surface area contributed by atoms with E-state index >= 15 is 0 Å². The molecule has 0 fully saturated rings. The van der Waals surface area contributed by atoms with Gasteiger partial charge in [0.25, 0.3) is 0 Å². The first kappa shape index (κ1) is 29.2. The summed E-state index contributed by atoms with van der Waals surface area (Å²) in [5.41, 5.74) is -0.644. The van der Waals surface area contributed by atoms with E-state index in [1.54, 1.807) is 6.92 Å². The van der Waals surface area contributed by atoms with Gasteiger partial charge in [0, 0.05) is 23.4 Å². The van der Waals surface area contributed by atoms with Crippen LogP contribution in [0.2, 0.25) is 18.1 Å². The highest BCUT2D eigenvalue weighted by molar-refractivity contribution is 7.93. The number of anilines is 1. The number of nitrogens with zero attached hydrogens (tertiary/aromatic N) is 4. The second-order valence-electron chi connectivity index (χ2n) is 10.9. The van der Waals surface area contributed by atoms with Crippen molar-refractivity contribution in [1.29, 1.82) is 0 Å². The molecule has 2 amide bonds. The molecule has 206 valence electrons. The van der Waals surface area contributed by atoms with Gasteiger partial charge in [0.15, 0.2) is 15.7 Å². The van der Waals surface area contributed by atoms with Crippen LogP contribution in [0.25, 0.3) is 0 Å². The number of pyridine rings is 1. The molecule has 2 N–H and O–H groups in total. The van der Waals surface area contributed by atoms with E-state index < -0.39 is 46.9 Å². The van der Waals surface area contributed by atoms with Crippen LogP contribution in [-0.4, -0.2) is 33.2 Å². The minimum Gasteiger partial charge on any atom is -0.305 e. The van der Waals surface area contributed by atoms with Gasteiger partial charge in [-0.1, -0.05) is 40.8 Å². The molecule has 0 saturated heterocycles. The van der Waals surface area contributed by atoms with Gasteiger partial charge in [-0.05, 0) is 37.6 Å². The van der Waals surface area contributed by atoms with Gasteiger partial charge in [-0.3, -0.25) is 4.68 Å². The van der Waals surface area contributed by atoms with Crippen molar-refractivity contribution in [1.82, 2.24) is 19.2 Å². The number of alkyl halides is 3. The van der Waals surface area contributed by atoms with Crippen molar-refractivity contribution in [2.75, 3.05) is 5.32 Å². The highest BCUT2D eigenvalue weighted by Crippen LogP contribution is 2.43. The number of halogens is 4. The van der Waals surface area contributed by atoms with Crippen LogP contribution >= 0.6 is 0 Å². The van der Waals surface area contributed by atoms with Gasteiger partial charge >= 0.3 is 12.2 Å². The molecule has 0 saturated carbocycles. The van der Waals surface area contributed by atoms with Gasteiger partial charge < -0.3 is 5.32 Å². The first-order valence-electron chi connectivity index (χ1n) is 12.0. The molecular weight excluding hydrogens is 528 g/mol. The number of carbonyl (C=O) groups excluding carboxylic acids is 1. The standard InChI is InChI=1S/C23H34F4N6O2SSi/c1-9-33-12-15(24)20(30-33)36(35,32-37(7,8)22(4,5)6)31-21(34)29-18-14(3)19(23(25,26)27)28-16-11-10-13(2)17(16)18/h12-13H,9-11H2,1-8H3,(H2,28,29,31,32,34,35). The lowest BCUT2D eigenvalue weighted by Crippen LogP contribution is -2.54. The van der Waals surface area contributed by atoms with Crippen LogP contribution in [-0.2, 0) is 29.1 Å². The maximum Gasteiger partial charge on any atom is 0.433 e. The fraction of sp³-hybridized carbons (Fsp3) is 0.609. The highest BCUT2D eigenvalue weighted by atomic mass is 32.2. The van der Waals surface area contributed by atoms with E-state index in [2.05, 4.69) is 24.1 Å². The summed E-state index contributed by atoms with van der Waals surface area (Å²) in [7, 11) is -6.60. The number of carbonyl (C=O) groups is 1. The van der Waals surface area contributed by atoms with E-state index in [9.17, 15) is 26.6 Å². The van der Waals surface area contributed by atoms with Gasteiger partial charge in [0.05, 0.1) is 11.9 Å². The fourth-order valence-electron chi connectivity index (χ4n) is 3.99. The van der Waals surface area contributed by atoms with Gasteiger partial charge in [-0.25, -0.2) is 22.8 Å². The maximum atomic E-state index is 14.9. The molecule has 8 nitrogen and oxygen atoms in total. The molecule has 0 spiro atoms. The number of rotatable bonds is 5. The molecule has 14 heteroatoms. The summed E-state index contributed by atoms with van der Waals surface area (Å²) >= 11 is 0. The summed E-state index contributed by atoms with van der Waals surface area (Å²) in [6, 6.07) is -1.16. The molecule has 0 aliphatic heterocycles. The van der Waals surface area contributed by atoms with Crippen molar-refractivity contribution >= 4 is 29.9 Å². The van der Waals surface area contributed by atoms with E-state index in [1.807, 2.05) is 40.8 Å². The van der Waals surface area contributed by atoms with Gasteiger partial charge in [0.2, 0.25) is 5.03 Å². The summed E-state index contributed by atoms with van der Waals surface area (Å²) in [5, 5.41) is 5.60. The summed E-state index contributed by atoms with van der Waals surface area (Å²) in [6.45, 7) is 14.6. The van der Waals surface area contributed by atoms with Crippen LogP contribution < -0.4 is 9.70 Å². The minimum absolute atomic E-state index is 0.0512. The third kappa shape index (κ3) is 5.75. The summed E-state index contributed by atoms with van der Waals surface area (Å²) in [4.78, 5) is 17.0. The van der Waals surface area contributed by atoms with Crippen LogP contribution in [0.5, 0.6) is 0 Å². The Kier molecular flexibility index (Phi) is 7.72. The van der Waals surface area contributed by atoms with Crippen molar-refractivity contribution in [2.45, 2.75) is 96.2 Å². The molecule has 2 unspecified atom stereocenters. The van der Waals surface area contributed by atoms with E-state index in [0.29, 0.717) is 24.9 Å². The van der Waals surface area contributed by atoms with Gasteiger partial charge in [-0.15, -0.1) is 4.36 Å². The molecule has 37 heavy (non-hydrogen) atoms. The van der Waals surface area contributed by atoms with Crippen molar-refractivity contribution < 1.29 is 26.6 Å². The van der Waals surface area contributed by atoms with E-state index in [0.717, 1.165) is 6.20 Å². The van der Waals surface area contributed by atoms with Crippen molar-refractivity contribution in [3.05, 3.63) is 34.5 Å². The molecule has 1 aliphatic carbocycles.